The number of hydrogen-bond acceptors (Lipinski definition) is 8. The van der Waals surface area contributed by atoms with Gasteiger partial charge in [-0.05, 0) is 50.1 Å². The third-order valence-electron chi connectivity index (χ3n) is 5.32. The molecule has 0 bridgehead atoms. The third kappa shape index (κ3) is 5.94. The van der Waals surface area contributed by atoms with Crippen LogP contribution in [0.3, 0.4) is 0 Å². The third-order valence-corrected chi connectivity index (χ3v) is 5.52. The lowest BCUT2D eigenvalue weighted by molar-refractivity contribution is -0.122. The van der Waals surface area contributed by atoms with Crippen LogP contribution in [0.2, 0.25) is 5.22 Å². The molecule has 1 aliphatic rings. The second kappa shape index (κ2) is 11.0. The predicted octanol–water partition coefficient (Wildman–Crippen LogP) is 2.33. The summed E-state index contributed by atoms with van der Waals surface area (Å²) in [5, 5.41) is 3.19. The van der Waals surface area contributed by atoms with E-state index >= 15 is 0 Å². The Bertz CT molecular complexity index is 1200. The first-order chi connectivity index (χ1) is 16.4. The summed E-state index contributed by atoms with van der Waals surface area (Å²) in [5.74, 6) is 0.600. The predicted molar refractivity (Wildman–Crippen MR) is 127 cm³/mol. The number of morpholine rings is 1. The van der Waals surface area contributed by atoms with Gasteiger partial charge in [0.1, 0.15) is 12.3 Å². The summed E-state index contributed by atoms with van der Waals surface area (Å²) in [5.41, 5.74) is -0.189. The molecule has 1 saturated heterocycles. The second-order valence-electron chi connectivity index (χ2n) is 8.35. The second-order valence-corrected chi connectivity index (χ2v) is 8.72. The molecule has 1 aliphatic heterocycles. The summed E-state index contributed by atoms with van der Waals surface area (Å²) >= 11 is 5.92. The van der Waals surface area contributed by atoms with Crippen LogP contribution in [-0.2, 0) is 16.1 Å². The van der Waals surface area contributed by atoms with Gasteiger partial charge in [-0.2, -0.15) is 0 Å². The van der Waals surface area contributed by atoms with Crippen molar-refractivity contribution in [2.75, 3.05) is 39.5 Å². The van der Waals surface area contributed by atoms with Crippen LogP contribution in [0.5, 0.6) is 5.75 Å². The van der Waals surface area contributed by atoms with Crippen molar-refractivity contribution in [2.24, 2.45) is 0 Å². The van der Waals surface area contributed by atoms with Crippen LogP contribution in [-0.4, -0.2) is 70.8 Å². The van der Waals surface area contributed by atoms with Gasteiger partial charge in [0.2, 0.25) is 5.91 Å². The van der Waals surface area contributed by atoms with Crippen LogP contribution in [0, 0.1) is 0 Å². The van der Waals surface area contributed by atoms with Crippen molar-refractivity contribution in [2.45, 2.75) is 32.9 Å². The number of ether oxygens (including phenoxy) is 2. The Kier molecular flexibility index (Phi) is 7.81. The summed E-state index contributed by atoms with van der Waals surface area (Å²) in [6, 6.07) is 4.69. The van der Waals surface area contributed by atoms with E-state index in [4.69, 9.17) is 25.5 Å². The summed E-state index contributed by atoms with van der Waals surface area (Å²) in [7, 11) is 0. The first kappa shape index (κ1) is 24.2. The Labute approximate surface area is 201 Å². The topological polar surface area (TPSA) is 112 Å². The molecule has 4 heterocycles. The Hall–Kier alpha value is -2.95. The number of nitrogens with zero attached hydrogens (tertiary/aromatic N) is 4. The van der Waals surface area contributed by atoms with Crippen molar-refractivity contribution in [1.29, 1.82) is 0 Å². The fourth-order valence-electron chi connectivity index (χ4n) is 3.75. The fourth-order valence-corrected chi connectivity index (χ4v) is 3.90. The van der Waals surface area contributed by atoms with Crippen molar-refractivity contribution >= 4 is 28.5 Å². The van der Waals surface area contributed by atoms with Crippen molar-refractivity contribution in [3.8, 4) is 17.3 Å². The number of nitrogens with one attached hydrogen (secondary N) is 1. The largest absolute Gasteiger partial charge is 0.492 e. The first-order valence-electron chi connectivity index (χ1n) is 11.3. The molecule has 3 aromatic rings. The fraction of sp³-hybridized carbons (Fsp3) is 0.478. The number of carbonyl (C=O) groups is 1. The van der Waals surface area contributed by atoms with Gasteiger partial charge in [0.05, 0.1) is 31.4 Å². The first-order valence-corrected chi connectivity index (χ1v) is 11.7. The number of pyridine rings is 1. The zero-order chi connectivity index (χ0) is 24.1. The summed E-state index contributed by atoms with van der Waals surface area (Å²) in [6.07, 6.45) is 2.38. The van der Waals surface area contributed by atoms with E-state index in [9.17, 15) is 9.59 Å². The highest BCUT2D eigenvalue weighted by Crippen LogP contribution is 2.24. The van der Waals surface area contributed by atoms with Gasteiger partial charge in [-0.25, -0.2) is 9.97 Å². The number of amides is 1. The lowest BCUT2D eigenvalue weighted by Gasteiger charge is -2.26. The Morgan fingerprint density at radius 3 is 2.79 bits per heavy atom. The number of hydrogen-bond donors (Lipinski definition) is 1. The van der Waals surface area contributed by atoms with Gasteiger partial charge >= 0.3 is 0 Å². The van der Waals surface area contributed by atoms with Crippen molar-refractivity contribution in [1.82, 2.24) is 24.8 Å². The molecule has 0 radical (unpaired) electrons. The van der Waals surface area contributed by atoms with E-state index in [1.165, 1.54) is 10.8 Å². The zero-order valence-corrected chi connectivity index (χ0v) is 20.0. The van der Waals surface area contributed by atoms with E-state index in [1.54, 1.807) is 18.2 Å². The molecular formula is C23H28ClN5O5. The standard InChI is InChI=1S/C23H28ClN5O5/c1-15(2)26-20(30)14-29-22(18-4-5-19(24)34-18)27-21-17(23(29)31)12-16(13-25-21)33-9-3-6-28-7-10-32-11-8-28/h4-5,12-13,15H,3,6-11,14H2,1-2H3,(H,26,30). The zero-order valence-electron chi connectivity index (χ0n) is 19.3. The minimum Gasteiger partial charge on any atom is -0.492 e. The summed E-state index contributed by atoms with van der Waals surface area (Å²) < 4.78 is 17.9. The Morgan fingerprint density at radius 1 is 1.29 bits per heavy atom. The highest BCUT2D eigenvalue weighted by molar-refractivity contribution is 6.28. The van der Waals surface area contributed by atoms with Gasteiger partial charge in [0.15, 0.2) is 22.5 Å². The molecule has 0 saturated carbocycles. The molecule has 0 aromatic carbocycles. The lowest BCUT2D eigenvalue weighted by Crippen LogP contribution is -2.37. The van der Waals surface area contributed by atoms with E-state index < -0.39 is 5.56 Å². The van der Waals surface area contributed by atoms with Gasteiger partial charge < -0.3 is 19.2 Å². The van der Waals surface area contributed by atoms with Gasteiger partial charge in [0.25, 0.3) is 5.56 Å². The molecule has 10 nitrogen and oxygen atoms in total. The molecule has 34 heavy (non-hydrogen) atoms. The van der Waals surface area contributed by atoms with Gasteiger partial charge in [0, 0.05) is 25.7 Å². The number of aromatic nitrogens is 3. The summed E-state index contributed by atoms with van der Waals surface area (Å²) in [6.45, 7) is 8.25. The monoisotopic (exact) mass is 489 g/mol. The lowest BCUT2D eigenvalue weighted by atomic mass is 10.3. The average Bonchev–Trinajstić information content (AvgIpc) is 3.25. The average molecular weight is 490 g/mol. The van der Waals surface area contributed by atoms with E-state index in [0.29, 0.717) is 12.4 Å². The van der Waals surface area contributed by atoms with Crippen LogP contribution < -0.4 is 15.6 Å². The summed E-state index contributed by atoms with van der Waals surface area (Å²) in [4.78, 5) is 37.0. The van der Waals surface area contributed by atoms with Crippen LogP contribution in [0.25, 0.3) is 22.6 Å². The molecule has 1 fully saturated rings. The molecule has 0 spiro atoms. The van der Waals surface area contributed by atoms with E-state index in [2.05, 4.69) is 20.2 Å². The maximum absolute atomic E-state index is 13.4. The van der Waals surface area contributed by atoms with Crippen LogP contribution in [0.15, 0.2) is 33.6 Å². The number of furan rings is 1. The number of carbonyl (C=O) groups excluding carboxylic acids is 1. The quantitative estimate of drug-likeness (QED) is 0.456. The molecule has 11 heteroatoms. The van der Waals surface area contributed by atoms with E-state index in [-0.39, 0.29) is 46.3 Å². The number of fused-ring (bicyclic) bond motifs is 1. The highest BCUT2D eigenvalue weighted by Gasteiger charge is 2.19. The highest BCUT2D eigenvalue weighted by atomic mass is 35.5. The molecule has 1 N–H and O–H groups in total. The van der Waals surface area contributed by atoms with Crippen LogP contribution in [0.1, 0.15) is 20.3 Å². The Balaban J connectivity index is 1.57. The van der Waals surface area contributed by atoms with Crippen molar-refractivity contribution < 1.29 is 18.7 Å². The van der Waals surface area contributed by atoms with Gasteiger partial charge in [-0.3, -0.25) is 19.1 Å². The maximum Gasteiger partial charge on any atom is 0.264 e. The van der Waals surface area contributed by atoms with Gasteiger partial charge in [-0.1, -0.05) is 0 Å². The van der Waals surface area contributed by atoms with E-state index in [1.807, 2.05) is 13.8 Å². The number of rotatable bonds is 9. The van der Waals surface area contributed by atoms with Crippen molar-refractivity contribution in [3.63, 3.8) is 0 Å². The van der Waals surface area contributed by atoms with Crippen LogP contribution >= 0.6 is 11.6 Å². The Morgan fingerprint density at radius 2 is 2.09 bits per heavy atom. The molecule has 0 unspecified atom stereocenters. The van der Waals surface area contributed by atoms with Crippen molar-refractivity contribution in [3.05, 3.63) is 40.0 Å². The SMILES string of the molecule is CC(C)NC(=O)Cn1c(-c2ccc(Cl)o2)nc2ncc(OCCCN3CCOCC3)cc2c1=O. The maximum atomic E-state index is 13.4. The van der Waals surface area contributed by atoms with Gasteiger partial charge in [-0.15, -0.1) is 0 Å². The molecule has 0 atom stereocenters. The molecule has 4 rings (SSSR count). The molecule has 182 valence electrons. The molecule has 3 aromatic heterocycles. The minimum absolute atomic E-state index is 0.0720. The molecule has 0 aliphatic carbocycles. The number of halogens is 1. The normalized spacial score (nSPS) is 14.6. The van der Waals surface area contributed by atoms with Crippen LogP contribution in [0.4, 0.5) is 0 Å². The molecular weight excluding hydrogens is 462 g/mol. The molecule has 1 amide bonds. The van der Waals surface area contributed by atoms with E-state index in [0.717, 1.165) is 39.3 Å². The smallest absolute Gasteiger partial charge is 0.264 e. The minimum atomic E-state index is -0.419.